The van der Waals surface area contributed by atoms with E-state index in [1.165, 1.54) is 5.56 Å². The molecule has 0 spiro atoms. The number of hydrogen-bond acceptors (Lipinski definition) is 4. The van der Waals surface area contributed by atoms with Crippen LogP contribution in [0.5, 0.6) is 0 Å². The number of esters is 1. The summed E-state index contributed by atoms with van der Waals surface area (Å²) in [5, 5.41) is 0. The van der Waals surface area contributed by atoms with E-state index in [4.69, 9.17) is 9.47 Å². The van der Waals surface area contributed by atoms with Crippen molar-refractivity contribution in [3.63, 3.8) is 0 Å². The molecule has 2 rings (SSSR count). The first kappa shape index (κ1) is 17.5. The summed E-state index contributed by atoms with van der Waals surface area (Å²) in [6, 6.07) is 8.07. The molecule has 126 valence electrons. The van der Waals surface area contributed by atoms with Gasteiger partial charge in [0.15, 0.2) is 0 Å². The van der Waals surface area contributed by atoms with Crippen LogP contribution in [0.15, 0.2) is 24.3 Å². The summed E-state index contributed by atoms with van der Waals surface area (Å²) in [7, 11) is 0. The lowest BCUT2D eigenvalue weighted by atomic mass is 10.1. The molecule has 1 saturated heterocycles. The highest BCUT2D eigenvalue weighted by atomic mass is 16.5. The van der Waals surface area contributed by atoms with Gasteiger partial charge < -0.3 is 14.4 Å². The lowest BCUT2D eigenvalue weighted by Crippen LogP contribution is -2.39. The Morgan fingerprint density at radius 2 is 2.04 bits per heavy atom. The van der Waals surface area contributed by atoms with Crippen LogP contribution in [0.2, 0.25) is 0 Å². The number of benzene rings is 1. The third-order valence-corrected chi connectivity index (χ3v) is 3.90. The molecule has 1 fully saturated rings. The van der Waals surface area contributed by atoms with E-state index in [-0.39, 0.29) is 24.4 Å². The number of carbonyl (C=O) groups excluding carboxylic acids is 2. The molecule has 1 aliphatic rings. The molecule has 0 saturated carbocycles. The summed E-state index contributed by atoms with van der Waals surface area (Å²) in [4.78, 5) is 25.9. The maximum absolute atomic E-state index is 12.6. The fraction of sp³-hybridized carbons (Fsp3) is 0.556. The fourth-order valence-corrected chi connectivity index (χ4v) is 2.62. The summed E-state index contributed by atoms with van der Waals surface area (Å²) in [5.74, 6) is -0.311. The van der Waals surface area contributed by atoms with Gasteiger partial charge in [-0.2, -0.15) is 0 Å². The zero-order valence-corrected chi connectivity index (χ0v) is 13.9. The Balaban J connectivity index is 2.01. The van der Waals surface area contributed by atoms with Gasteiger partial charge in [-0.05, 0) is 32.3 Å². The average Bonchev–Trinajstić information content (AvgIpc) is 3.07. The molecule has 1 aromatic carbocycles. The summed E-state index contributed by atoms with van der Waals surface area (Å²) in [5.41, 5.74) is 2.23. The Labute approximate surface area is 137 Å². The van der Waals surface area contributed by atoms with Crippen LogP contribution < -0.4 is 0 Å². The highest BCUT2D eigenvalue weighted by Gasteiger charge is 2.28. The van der Waals surface area contributed by atoms with Crippen LogP contribution in [0.4, 0.5) is 0 Å². The van der Waals surface area contributed by atoms with Gasteiger partial charge in [0.2, 0.25) is 0 Å². The SMILES string of the molecule is CCOC(=O)CCN(Cc1ccc(C)cc1)C(=O)C1CCCO1. The molecule has 0 bridgehead atoms. The molecule has 0 aromatic heterocycles. The van der Waals surface area contributed by atoms with Crippen LogP contribution >= 0.6 is 0 Å². The van der Waals surface area contributed by atoms with Crippen LogP contribution in [0.3, 0.4) is 0 Å². The summed E-state index contributed by atoms with van der Waals surface area (Å²) in [6.45, 7) is 5.63. The van der Waals surface area contributed by atoms with Crippen molar-refractivity contribution in [3.05, 3.63) is 35.4 Å². The predicted molar refractivity (Wildman–Crippen MR) is 86.8 cm³/mol. The van der Waals surface area contributed by atoms with Gasteiger partial charge in [0.25, 0.3) is 5.91 Å². The van der Waals surface area contributed by atoms with Gasteiger partial charge in [-0.25, -0.2) is 0 Å². The molecule has 1 unspecified atom stereocenters. The molecule has 1 aliphatic heterocycles. The molecule has 0 N–H and O–H groups in total. The van der Waals surface area contributed by atoms with Crippen molar-refractivity contribution in [1.29, 1.82) is 0 Å². The van der Waals surface area contributed by atoms with Gasteiger partial charge in [0, 0.05) is 19.7 Å². The van der Waals surface area contributed by atoms with Gasteiger partial charge in [-0.15, -0.1) is 0 Å². The van der Waals surface area contributed by atoms with Crippen molar-refractivity contribution in [3.8, 4) is 0 Å². The van der Waals surface area contributed by atoms with Crippen LogP contribution in [0.1, 0.15) is 37.3 Å². The van der Waals surface area contributed by atoms with Crippen LogP contribution in [-0.2, 0) is 25.6 Å². The van der Waals surface area contributed by atoms with Crippen LogP contribution in [0.25, 0.3) is 0 Å². The standard InChI is InChI=1S/C18H25NO4/c1-3-22-17(20)10-11-19(18(21)16-5-4-12-23-16)13-15-8-6-14(2)7-9-15/h6-9,16H,3-5,10-13H2,1-2H3. The van der Waals surface area contributed by atoms with Gasteiger partial charge in [0.1, 0.15) is 6.10 Å². The molecule has 1 heterocycles. The largest absolute Gasteiger partial charge is 0.466 e. The Morgan fingerprint density at radius 1 is 1.30 bits per heavy atom. The van der Waals surface area contributed by atoms with Crippen molar-refractivity contribution in [2.24, 2.45) is 0 Å². The van der Waals surface area contributed by atoms with Gasteiger partial charge in [-0.1, -0.05) is 29.8 Å². The van der Waals surface area contributed by atoms with Crippen molar-refractivity contribution < 1.29 is 19.1 Å². The molecule has 0 radical (unpaired) electrons. The molecule has 0 aliphatic carbocycles. The minimum absolute atomic E-state index is 0.0348. The molecule has 5 nitrogen and oxygen atoms in total. The zero-order chi connectivity index (χ0) is 16.7. The third kappa shape index (κ3) is 5.36. The second-order valence-electron chi connectivity index (χ2n) is 5.80. The van der Waals surface area contributed by atoms with E-state index in [2.05, 4.69) is 0 Å². The Morgan fingerprint density at radius 3 is 2.65 bits per heavy atom. The number of amides is 1. The van der Waals surface area contributed by atoms with E-state index in [1.807, 2.05) is 31.2 Å². The Kier molecular flexibility index (Phi) is 6.59. The summed E-state index contributed by atoms with van der Waals surface area (Å²) >= 11 is 0. The maximum atomic E-state index is 12.6. The van der Waals surface area contributed by atoms with Crippen molar-refractivity contribution in [2.45, 2.75) is 45.8 Å². The Bertz CT molecular complexity index is 520. The minimum atomic E-state index is -0.373. The molecular weight excluding hydrogens is 294 g/mol. The van der Waals surface area contributed by atoms with E-state index in [9.17, 15) is 9.59 Å². The number of aryl methyl sites for hydroxylation is 1. The van der Waals surface area contributed by atoms with Gasteiger partial charge >= 0.3 is 5.97 Å². The van der Waals surface area contributed by atoms with E-state index in [0.29, 0.717) is 26.3 Å². The topological polar surface area (TPSA) is 55.8 Å². The average molecular weight is 319 g/mol. The number of hydrogen-bond donors (Lipinski definition) is 0. The minimum Gasteiger partial charge on any atom is -0.466 e. The summed E-state index contributed by atoms with van der Waals surface area (Å²) in [6.07, 6.45) is 1.50. The smallest absolute Gasteiger partial charge is 0.307 e. The van der Waals surface area contributed by atoms with Gasteiger partial charge in [0.05, 0.1) is 13.0 Å². The number of nitrogens with zero attached hydrogens (tertiary/aromatic N) is 1. The predicted octanol–water partition coefficient (Wildman–Crippen LogP) is 2.46. The quantitative estimate of drug-likeness (QED) is 0.725. The molecular formula is C18H25NO4. The molecule has 23 heavy (non-hydrogen) atoms. The van der Waals surface area contributed by atoms with E-state index in [1.54, 1.807) is 11.8 Å². The summed E-state index contributed by atoms with van der Waals surface area (Å²) < 4.78 is 10.5. The number of ether oxygens (including phenoxy) is 2. The second kappa shape index (κ2) is 8.67. The van der Waals surface area contributed by atoms with Crippen molar-refractivity contribution in [2.75, 3.05) is 19.8 Å². The molecule has 1 amide bonds. The lowest BCUT2D eigenvalue weighted by molar-refractivity contribution is -0.146. The van der Waals surface area contributed by atoms with E-state index >= 15 is 0 Å². The maximum Gasteiger partial charge on any atom is 0.307 e. The number of rotatable bonds is 7. The fourth-order valence-electron chi connectivity index (χ4n) is 2.62. The zero-order valence-electron chi connectivity index (χ0n) is 13.9. The lowest BCUT2D eigenvalue weighted by Gasteiger charge is -2.25. The highest BCUT2D eigenvalue weighted by Crippen LogP contribution is 2.17. The second-order valence-corrected chi connectivity index (χ2v) is 5.80. The van der Waals surface area contributed by atoms with E-state index in [0.717, 1.165) is 18.4 Å². The normalized spacial score (nSPS) is 17.0. The molecule has 1 atom stereocenters. The van der Waals surface area contributed by atoms with Gasteiger partial charge in [-0.3, -0.25) is 9.59 Å². The first-order chi connectivity index (χ1) is 11.1. The van der Waals surface area contributed by atoms with E-state index < -0.39 is 0 Å². The molecule has 1 aromatic rings. The van der Waals surface area contributed by atoms with Crippen molar-refractivity contribution in [1.82, 2.24) is 4.90 Å². The monoisotopic (exact) mass is 319 g/mol. The molecule has 5 heteroatoms. The van der Waals surface area contributed by atoms with Crippen LogP contribution in [-0.4, -0.2) is 42.6 Å². The highest BCUT2D eigenvalue weighted by molar-refractivity contribution is 5.81. The first-order valence-electron chi connectivity index (χ1n) is 8.21. The first-order valence-corrected chi connectivity index (χ1v) is 8.21. The third-order valence-electron chi connectivity index (χ3n) is 3.90. The van der Waals surface area contributed by atoms with Crippen LogP contribution in [0, 0.1) is 6.92 Å². The number of carbonyl (C=O) groups is 2. The Hall–Kier alpha value is -1.88. The van der Waals surface area contributed by atoms with Crippen molar-refractivity contribution >= 4 is 11.9 Å².